The van der Waals surface area contributed by atoms with E-state index in [0.717, 1.165) is 4.90 Å². The van der Waals surface area contributed by atoms with Crippen molar-refractivity contribution in [1.82, 2.24) is 5.16 Å². The maximum Gasteiger partial charge on any atom is 0.301 e. The van der Waals surface area contributed by atoms with Crippen molar-refractivity contribution in [2.75, 3.05) is 4.90 Å². The van der Waals surface area contributed by atoms with E-state index in [-0.39, 0.29) is 22.8 Å². The molecule has 0 unspecified atom stereocenters. The molecule has 1 aromatic heterocycles. The van der Waals surface area contributed by atoms with E-state index in [2.05, 4.69) is 5.16 Å². The minimum Gasteiger partial charge on any atom is -0.507 e. The number of aliphatic hydroxyl groups excluding tert-OH is 1. The van der Waals surface area contributed by atoms with Crippen molar-refractivity contribution in [1.29, 1.82) is 0 Å². The van der Waals surface area contributed by atoms with Gasteiger partial charge in [-0.05, 0) is 24.6 Å². The van der Waals surface area contributed by atoms with E-state index < -0.39 is 22.7 Å². The summed E-state index contributed by atoms with van der Waals surface area (Å²) in [5.41, 5.74) is 0.480. The molecule has 1 fully saturated rings. The summed E-state index contributed by atoms with van der Waals surface area (Å²) in [7, 11) is 0. The Morgan fingerprint density at radius 1 is 1.13 bits per heavy atom. The number of nitrogens with zero attached hydrogens (tertiary/aromatic N) is 3. The molecule has 1 N–H and O–H groups in total. The second-order valence-electron chi connectivity index (χ2n) is 6.68. The maximum atomic E-state index is 12.9. The molecule has 30 heavy (non-hydrogen) atoms. The number of anilines is 1. The third-order valence-electron chi connectivity index (χ3n) is 4.77. The van der Waals surface area contributed by atoms with Crippen LogP contribution < -0.4 is 4.90 Å². The maximum absolute atomic E-state index is 12.9. The minimum atomic E-state index is -1.03. The molecule has 2 aromatic carbocycles. The highest BCUT2D eigenvalue weighted by Crippen LogP contribution is 2.42. The number of nitro benzene ring substituents is 1. The number of ketones is 1. The molecule has 3 aromatic rings. The predicted molar refractivity (Wildman–Crippen MR) is 106 cm³/mol. The fourth-order valence-corrected chi connectivity index (χ4v) is 3.38. The number of carbonyl (C=O) groups is 2. The summed E-state index contributed by atoms with van der Waals surface area (Å²) in [6.07, 6.45) is 0. The van der Waals surface area contributed by atoms with Gasteiger partial charge in [-0.3, -0.25) is 24.6 Å². The molecule has 1 aliphatic heterocycles. The lowest BCUT2D eigenvalue weighted by Gasteiger charge is -2.22. The van der Waals surface area contributed by atoms with Crippen LogP contribution in [0.4, 0.5) is 11.5 Å². The molecule has 1 amide bonds. The van der Waals surface area contributed by atoms with Gasteiger partial charge in [-0.15, -0.1) is 0 Å². The van der Waals surface area contributed by atoms with Crippen LogP contribution >= 0.6 is 0 Å². The van der Waals surface area contributed by atoms with Crippen molar-refractivity contribution in [2.24, 2.45) is 0 Å². The fourth-order valence-electron chi connectivity index (χ4n) is 3.38. The molecule has 4 rings (SSSR count). The second kappa shape index (κ2) is 7.28. The van der Waals surface area contributed by atoms with Crippen LogP contribution in [-0.2, 0) is 9.59 Å². The summed E-state index contributed by atoms with van der Waals surface area (Å²) in [6, 6.07) is 14.2. The zero-order chi connectivity index (χ0) is 21.4. The monoisotopic (exact) mass is 405 g/mol. The van der Waals surface area contributed by atoms with Crippen molar-refractivity contribution < 1.29 is 24.1 Å². The fraction of sp³-hybridized carbons (Fsp3) is 0.0952. The minimum absolute atomic E-state index is 0.102. The lowest BCUT2D eigenvalue weighted by molar-refractivity contribution is -0.384. The Kier molecular flexibility index (Phi) is 4.63. The molecule has 1 saturated heterocycles. The van der Waals surface area contributed by atoms with Crippen molar-refractivity contribution in [3.05, 3.63) is 93.2 Å². The number of hydrogen-bond donors (Lipinski definition) is 1. The number of hydrogen-bond acceptors (Lipinski definition) is 7. The molecule has 9 heteroatoms. The van der Waals surface area contributed by atoms with E-state index in [1.54, 1.807) is 37.3 Å². The highest BCUT2D eigenvalue weighted by molar-refractivity contribution is 6.51. The lowest BCUT2D eigenvalue weighted by Crippen LogP contribution is -2.29. The highest BCUT2D eigenvalue weighted by atomic mass is 16.6. The van der Waals surface area contributed by atoms with Crippen LogP contribution in [0, 0.1) is 17.0 Å². The number of non-ortho nitro benzene ring substituents is 1. The molecule has 0 bridgehead atoms. The van der Waals surface area contributed by atoms with Crippen molar-refractivity contribution in [2.45, 2.75) is 13.0 Å². The average molecular weight is 405 g/mol. The van der Waals surface area contributed by atoms with Gasteiger partial charge in [0, 0.05) is 23.8 Å². The summed E-state index contributed by atoms with van der Waals surface area (Å²) in [5, 5.41) is 25.7. The van der Waals surface area contributed by atoms with Crippen LogP contribution in [0.25, 0.3) is 5.76 Å². The summed E-state index contributed by atoms with van der Waals surface area (Å²) < 4.78 is 5.05. The van der Waals surface area contributed by atoms with E-state index >= 15 is 0 Å². The number of aliphatic hydroxyl groups is 1. The van der Waals surface area contributed by atoms with Crippen LogP contribution in [0.5, 0.6) is 0 Å². The van der Waals surface area contributed by atoms with Gasteiger partial charge in [0.15, 0.2) is 5.82 Å². The molecule has 0 aliphatic carbocycles. The third-order valence-corrected chi connectivity index (χ3v) is 4.77. The first-order chi connectivity index (χ1) is 14.4. The molecular weight excluding hydrogens is 390 g/mol. The molecule has 0 saturated carbocycles. The van der Waals surface area contributed by atoms with Crippen LogP contribution in [0.15, 0.2) is 70.8 Å². The molecule has 150 valence electrons. The Balaban J connectivity index is 1.93. The zero-order valence-corrected chi connectivity index (χ0v) is 15.7. The lowest BCUT2D eigenvalue weighted by atomic mass is 9.95. The van der Waals surface area contributed by atoms with Crippen molar-refractivity contribution in [3.8, 4) is 0 Å². The smallest absolute Gasteiger partial charge is 0.301 e. The number of nitro groups is 1. The van der Waals surface area contributed by atoms with Gasteiger partial charge in [-0.25, -0.2) is 0 Å². The van der Waals surface area contributed by atoms with Gasteiger partial charge < -0.3 is 9.63 Å². The number of benzene rings is 2. The zero-order valence-electron chi connectivity index (χ0n) is 15.7. The standard InChI is InChI=1S/C21H15N3O6/c1-12-11-16(22-30-12)23-18(13-7-9-15(10-8-13)24(28)29)17(20(26)21(23)27)19(25)14-5-3-2-4-6-14/h2-11,18,25H,1H3/t18-/m0/s1. The SMILES string of the molecule is Cc1cc(N2C(=O)C(=O)C(=C(O)c3ccccc3)[C@@H]2c2ccc([N+](=O)[O-])cc2)no1. The van der Waals surface area contributed by atoms with Crippen LogP contribution in [0.2, 0.25) is 0 Å². The Hall–Kier alpha value is -4.27. The highest BCUT2D eigenvalue weighted by Gasteiger charge is 2.48. The Morgan fingerprint density at radius 3 is 2.37 bits per heavy atom. The molecule has 1 atom stereocenters. The molecule has 2 heterocycles. The summed E-state index contributed by atoms with van der Waals surface area (Å²) in [6.45, 7) is 1.64. The van der Waals surface area contributed by atoms with Gasteiger partial charge in [0.1, 0.15) is 11.5 Å². The van der Waals surface area contributed by atoms with Gasteiger partial charge >= 0.3 is 5.91 Å². The quantitative estimate of drug-likeness (QED) is 0.231. The predicted octanol–water partition coefficient (Wildman–Crippen LogP) is 3.52. The van der Waals surface area contributed by atoms with Crippen molar-refractivity contribution in [3.63, 3.8) is 0 Å². The first-order valence-corrected chi connectivity index (χ1v) is 8.92. The van der Waals surface area contributed by atoms with Gasteiger partial charge in [-0.1, -0.05) is 35.5 Å². The van der Waals surface area contributed by atoms with Gasteiger partial charge in [0.2, 0.25) is 0 Å². The molecule has 0 spiro atoms. The Bertz CT molecular complexity index is 1180. The second-order valence-corrected chi connectivity index (χ2v) is 6.68. The van der Waals surface area contributed by atoms with Gasteiger partial charge in [-0.2, -0.15) is 0 Å². The van der Waals surface area contributed by atoms with E-state index in [0.29, 0.717) is 16.9 Å². The third kappa shape index (κ3) is 3.12. The Morgan fingerprint density at radius 2 is 1.80 bits per heavy atom. The summed E-state index contributed by atoms with van der Waals surface area (Å²) >= 11 is 0. The topological polar surface area (TPSA) is 127 Å². The van der Waals surface area contributed by atoms with Crippen molar-refractivity contribution >= 4 is 29.0 Å². The van der Waals surface area contributed by atoms with E-state index in [1.807, 2.05) is 0 Å². The number of Topliss-reactive ketones (excluding diaryl/α,β-unsaturated/α-hetero) is 1. The molecule has 0 radical (unpaired) electrons. The van der Waals surface area contributed by atoms with Crippen LogP contribution in [0.3, 0.4) is 0 Å². The first kappa shape index (κ1) is 19.1. The first-order valence-electron chi connectivity index (χ1n) is 8.92. The molecule has 9 nitrogen and oxygen atoms in total. The van der Waals surface area contributed by atoms with Crippen LogP contribution in [-0.4, -0.2) is 26.9 Å². The molecular formula is C21H15N3O6. The van der Waals surface area contributed by atoms with E-state index in [1.165, 1.54) is 30.3 Å². The number of rotatable bonds is 4. The molecule has 1 aliphatic rings. The van der Waals surface area contributed by atoms with Gasteiger partial charge in [0.05, 0.1) is 16.5 Å². The largest absolute Gasteiger partial charge is 0.507 e. The number of aryl methyl sites for hydroxylation is 1. The average Bonchev–Trinajstić information content (AvgIpc) is 3.29. The van der Waals surface area contributed by atoms with Gasteiger partial charge in [0.25, 0.3) is 11.5 Å². The number of amides is 1. The normalized spacial score (nSPS) is 18.0. The summed E-state index contributed by atoms with van der Waals surface area (Å²) in [4.78, 5) is 37.3. The van der Waals surface area contributed by atoms with E-state index in [9.17, 15) is 24.8 Å². The number of aromatic nitrogens is 1. The Labute approximate surface area is 170 Å². The summed E-state index contributed by atoms with van der Waals surface area (Å²) in [5.74, 6) is -1.59. The van der Waals surface area contributed by atoms with Crippen LogP contribution in [0.1, 0.15) is 22.9 Å². The number of carbonyl (C=O) groups excluding carboxylic acids is 2. The van der Waals surface area contributed by atoms with E-state index in [4.69, 9.17) is 4.52 Å².